The molecule has 0 bridgehead atoms. The number of carboxylic acids is 1. The number of nitrogens with one attached hydrogen (secondary N) is 1. The maximum Gasteiger partial charge on any atom is 0.341 e. The number of ether oxygens (including phenoxy) is 1. The second-order valence-corrected chi connectivity index (χ2v) is 9.32. The second kappa shape index (κ2) is 11.9. The molecule has 0 aliphatic carbocycles. The van der Waals surface area contributed by atoms with Crippen LogP contribution in [0, 0.1) is 0 Å². The van der Waals surface area contributed by atoms with Crippen molar-refractivity contribution in [3.8, 4) is 0 Å². The molecule has 0 saturated carbocycles. The lowest BCUT2D eigenvalue weighted by Gasteiger charge is -2.37. The minimum absolute atomic E-state index is 0. The lowest BCUT2D eigenvalue weighted by Crippen LogP contribution is -2.44. The first-order valence-corrected chi connectivity index (χ1v) is 12.2. The fraction of sp³-hybridized carbons (Fsp3) is 0.520. The number of amides is 1. The zero-order valence-corrected chi connectivity index (χ0v) is 21.4. The van der Waals surface area contributed by atoms with Crippen LogP contribution in [0.15, 0.2) is 17.1 Å². The highest BCUT2D eigenvalue weighted by Crippen LogP contribution is 2.37. The summed E-state index contributed by atoms with van der Waals surface area (Å²) >= 11 is 0. The van der Waals surface area contributed by atoms with E-state index in [4.69, 9.17) is 10.5 Å². The van der Waals surface area contributed by atoms with Crippen molar-refractivity contribution in [1.29, 1.82) is 0 Å². The van der Waals surface area contributed by atoms with E-state index in [-0.39, 0.29) is 48.3 Å². The lowest BCUT2D eigenvalue weighted by molar-refractivity contribution is -0.153. The Bertz CT molecular complexity index is 1260. The number of aromatic carboxylic acids is 1. The molecule has 12 heteroatoms. The van der Waals surface area contributed by atoms with Gasteiger partial charge < -0.3 is 30.4 Å². The number of hydrogen-bond donors (Lipinski definition) is 3. The van der Waals surface area contributed by atoms with Gasteiger partial charge in [-0.3, -0.25) is 9.59 Å². The van der Waals surface area contributed by atoms with Crippen molar-refractivity contribution in [2.75, 3.05) is 24.5 Å². The van der Waals surface area contributed by atoms with Gasteiger partial charge in [-0.1, -0.05) is 0 Å². The number of carbonyl (C=O) groups excluding carboxylic acids is 2. The number of halogens is 2. The fourth-order valence-electron chi connectivity index (χ4n) is 5.16. The molecule has 4 N–H and O–H groups in total. The number of piperidine rings is 1. The van der Waals surface area contributed by atoms with Gasteiger partial charge in [0.1, 0.15) is 24.4 Å². The third-order valence-electron chi connectivity index (χ3n) is 6.85. The lowest BCUT2D eigenvalue weighted by atomic mass is 9.93. The number of alkyl halides is 1. The number of nitrogens with two attached hydrogens (primary N) is 1. The molecule has 2 aliphatic heterocycles. The summed E-state index contributed by atoms with van der Waals surface area (Å²) in [4.78, 5) is 50.6. The molecule has 2 aromatic rings. The van der Waals surface area contributed by atoms with Gasteiger partial charge in [0.2, 0.25) is 11.3 Å². The molecule has 1 aromatic carbocycles. The molecule has 3 heterocycles. The molecule has 4 rings (SSSR count). The Balaban J connectivity index is 0.00000380. The topological polar surface area (TPSA) is 144 Å². The summed E-state index contributed by atoms with van der Waals surface area (Å²) < 4.78 is 21.6. The molecule has 202 valence electrons. The summed E-state index contributed by atoms with van der Waals surface area (Å²) in [5, 5.41) is 12.2. The predicted octanol–water partition coefficient (Wildman–Crippen LogP) is 1.90. The van der Waals surface area contributed by atoms with E-state index in [0.29, 0.717) is 50.0 Å². The largest absolute Gasteiger partial charge is 0.477 e. The Kier molecular flexibility index (Phi) is 9.14. The van der Waals surface area contributed by atoms with Crippen molar-refractivity contribution in [1.82, 2.24) is 9.88 Å². The highest BCUT2D eigenvalue weighted by molar-refractivity contribution is 5.96. The molecule has 1 saturated heterocycles. The van der Waals surface area contributed by atoms with Crippen LogP contribution >= 0.6 is 12.4 Å². The highest BCUT2D eigenvalue weighted by Gasteiger charge is 2.30. The molecule has 1 amide bonds. The summed E-state index contributed by atoms with van der Waals surface area (Å²) in [6.07, 6.45) is 3.64. The SMILES string of the molecule is C[C@@H](NC(=O)CCN)C(=O)OC1CCN(c2c(CF)cc3c(=O)c(C(=O)O)cn4c3c2CCC4)CC1.Cl. The molecule has 10 nitrogen and oxygen atoms in total. The minimum Gasteiger partial charge on any atom is -0.477 e. The number of benzene rings is 1. The standard InChI is InChI=1S/C25H31FN4O6.ClH/c1-14(28-20(31)4-7-27)25(35)36-16-5-9-29(10-6-16)21-15(12-26)11-18-22-17(21)3-2-8-30(22)13-19(23(18)32)24(33)34;/h11,13-14,16H,2-10,12,27H2,1H3,(H,28,31)(H,33,34);1H/t14-;/m1./s1. The third-order valence-corrected chi connectivity index (χ3v) is 6.85. The van der Waals surface area contributed by atoms with E-state index in [1.54, 1.807) is 11.5 Å². The van der Waals surface area contributed by atoms with Crippen molar-refractivity contribution >= 4 is 46.8 Å². The first-order chi connectivity index (χ1) is 17.2. The summed E-state index contributed by atoms with van der Waals surface area (Å²) in [7, 11) is 0. The number of carboxylic acid groups (broad SMARTS) is 1. The average Bonchev–Trinajstić information content (AvgIpc) is 2.86. The van der Waals surface area contributed by atoms with E-state index in [1.807, 2.05) is 0 Å². The smallest absolute Gasteiger partial charge is 0.341 e. The number of pyridine rings is 1. The molecule has 0 spiro atoms. The first-order valence-electron chi connectivity index (χ1n) is 12.2. The molecule has 37 heavy (non-hydrogen) atoms. The summed E-state index contributed by atoms with van der Waals surface area (Å²) in [5.41, 5.74) is 7.06. The first kappa shape index (κ1) is 28.4. The van der Waals surface area contributed by atoms with Crippen molar-refractivity contribution in [2.45, 2.75) is 64.4 Å². The summed E-state index contributed by atoms with van der Waals surface area (Å²) in [5.74, 6) is -2.12. The third kappa shape index (κ3) is 5.72. The number of nitrogens with zero attached hydrogens (tertiary/aromatic N) is 2. The predicted molar refractivity (Wildman–Crippen MR) is 138 cm³/mol. The molecule has 2 aliphatic rings. The minimum atomic E-state index is -1.30. The summed E-state index contributed by atoms with van der Waals surface area (Å²) in [6, 6.07) is 0.709. The number of carbonyl (C=O) groups is 3. The van der Waals surface area contributed by atoms with Crippen LogP contribution < -0.4 is 21.4 Å². The average molecular weight is 539 g/mol. The van der Waals surface area contributed by atoms with Gasteiger partial charge in [0, 0.05) is 73.8 Å². The Hall–Kier alpha value is -3.18. The quantitative estimate of drug-likeness (QED) is 0.432. The van der Waals surface area contributed by atoms with Crippen molar-refractivity contribution < 1.29 is 28.6 Å². The van der Waals surface area contributed by atoms with Gasteiger partial charge in [0.25, 0.3) is 0 Å². The zero-order valence-electron chi connectivity index (χ0n) is 20.6. The zero-order chi connectivity index (χ0) is 26.0. The van der Waals surface area contributed by atoms with Gasteiger partial charge in [-0.05, 0) is 25.8 Å². The number of anilines is 1. The van der Waals surface area contributed by atoms with Crippen molar-refractivity contribution in [2.24, 2.45) is 5.73 Å². The molecule has 0 radical (unpaired) electrons. The van der Waals surface area contributed by atoms with Crippen LogP contribution in [-0.4, -0.2) is 59.3 Å². The van der Waals surface area contributed by atoms with E-state index in [2.05, 4.69) is 10.2 Å². The van der Waals surface area contributed by atoms with Crippen molar-refractivity contribution in [3.63, 3.8) is 0 Å². The van der Waals surface area contributed by atoms with Crippen molar-refractivity contribution in [3.05, 3.63) is 39.2 Å². The van der Waals surface area contributed by atoms with Gasteiger partial charge in [-0.2, -0.15) is 0 Å². The Labute approximate surface area is 219 Å². The number of aryl methyl sites for hydroxylation is 2. The van der Waals surface area contributed by atoms with Crippen LogP contribution in [0.4, 0.5) is 10.1 Å². The van der Waals surface area contributed by atoms with Gasteiger partial charge in [0.05, 0.1) is 5.52 Å². The van der Waals surface area contributed by atoms with Gasteiger partial charge >= 0.3 is 11.9 Å². The molecule has 1 fully saturated rings. The second-order valence-electron chi connectivity index (χ2n) is 9.32. The fourth-order valence-corrected chi connectivity index (χ4v) is 5.16. The van der Waals surface area contributed by atoms with Crippen LogP contribution in [0.3, 0.4) is 0 Å². The maximum atomic E-state index is 14.2. The van der Waals surface area contributed by atoms with Gasteiger partial charge in [-0.25, -0.2) is 14.0 Å². The highest BCUT2D eigenvalue weighted by atomic mass is 35.5. The van der Waals surface area contributed by atoms with Crippen LogP contribution in [0.2, 0.25) is 0 Å². The monoisotopic (exact) mass is 538 g/mol. The Morgan fingerprint density at radius 3 is 2.59 bits per heavy atom. The molecule has 1 atom stereocenters. The van der Waals surface area contributed by atoms with E-state index in [1.165, 1.54) is 12.3 Å². The van der Waals surface area contributed by atoms with E-state index in [0.717, 1.165) is 17.7 Å². The van der Waals surface area contributed by atoms with Gasteiger partial charge in [-0.15, -0.1) is 12.4 Å². The number of rotatable bonds is 8. The molecule has 0 unspecified atom stereocenters. The number of aromatic nitrogens is 1. The Morgan fingerprint density at radius 1 is 1.27 bits per heavy atom. The van der Waals surface area contributed by atoms with E-state index in [9.17, 15) is 28.7 Å². The molecule has 1 aromatic heterocycles. The maximum absolute atomic E-state index is 14.2. The van der Waals surface area contributed by atoms with Crippen LogP contribution in [-0.2, 0) is 34.0 Å². The normalized spacial score (nSPS) is 16.1. The Morgan fingerprint density at radius 2 is 1.97 bits per heavy atom. The number of esters is 1. The van der Waals surface area contributed by atoms with E-state index < -0.39 is 30.1 Å². The van der Waals surface area contributed by atoms with Crippen LogP contribution in [0.1, 0.15) is 54.1 Å². The van der Waals surface area contributed by atoms with E-state index >= 15 is 0 Å². The molecular formula is C25H32ClFN4O6. The molecular weight excluding hydrogens is 507 g/mol. The number of hydrogen-bond acceptors (Lipinski definition) is 7. The van der Waals surface area contributed by atoms with Crippen LogP contribution in [0.5, 0.6) is 0 Å². The summed E-state index contributed by atoms with van der Waals surface area (Å²) in [6.45, 7) is 2.60. The van der Waals surface area contributed by atoms with Crippen LogP contribution in [0.25, 0.3) is 10.9 Å². The van der Waals surface area contributed by atoms with Gasteiger partial charge in [0.15, 0.2) is 0 Å².